The largest absolute Gasteiger partial charge is 0.483 e. The van der Waals surface area contributed by atoms with Crippen molar-refractivity contribution in [2.75, 3.05) is 11.6 Å². The van der Waals surface area contributed by atoms with E-state index < -0.39 is 54.3 Å². The highest BCUT2D eigenvalue weighted by atomic mass is 19.3. The maximum Gasteiger partial charge on any atom is 0.483 e. The number of aliphatic hydroxyl groups is 1. The lowest BCUT2D eigenvalue weighted by Gasteiger charge is -2.35. The average Bonchev–Trinajstić information content (AvgIpc) is 2.58. The van der Waals surface area contributed by atoms with Gasteiger partial charge in [0.05, 0.1) is 24.0 Å². The highest BCUT2D eigenvalue weighted by Gasteiger charge is 2.51. The Balaban J connectivity index is 2.13. The van der Waals surface area contributed by atoms with E-state index in [0.717, 1.165) is 30.6 Å². The number of ether oxygens (including phenoxy) is 1. The molecule has 5 nitrogen and oxygen atoms in total. The number of carbonyl (C=O) groups is 1. The fourth-order valence-corrected chi connectivity index (χ4v) is 2.59. The number of aliphatic hydroxyl groups excluding tert-OH is 1. The van der Waals surface area contributed by atoms with Gasteiger partial charge in [0.15, 0.2) is 5.75 Å². The molecule has 1 aliphatic rings. The van der Waals surface area contributed by atoms with Crippen LogP contribution in [0.3, 0.4) is 0 Å². The quantitative estimate of drug-likeness (QED) is 0.836. The molecule has 2 aromatic rings. The van der Waals surface area contributed by atoms with Crippen molar-refractivity contribution in [3.8, 4) is 5.75 Å². The Bertz CT molecular complexity index is 862. The Morgan fingerprint density at radius 1 is 1.27 bits per heavy atom. The van der Waals surface area contributed by atoms with E-state index in [9.17, 15) is 31.9 Å². The number of amides is 1. The standard InChI is InChI=1S/C16H11F5N2O3/c17-4-12(24)13-10(19)1-2-11-14(13)26-16(20,21)15(25)23(11)7-8-3-9(18)6-22-5-8/h1-3,5-6,12,24H,4,7H2/t12-/m1/s1. The molecule has 0 bridgehead atoms. The van der Waals surface area contributed by atoms with Crippen LogP contribution < -0.4 is 9.64 Å². The predicted octanol–water partition coefficient (Wildman–Crippen LogP) is 2.88. The van der Waals surface area contributed by atoms with Gasteiger partial charge in [-0.2, -0.15) is 8.78 Å². The molecule has 10 heteroatoms. The molecular formula is C16H11F5N2O3. The van der Waals surface area contributed by atoms with Gasteiger partial charge in [0.2, 0.25) is 0 Å². The minimum absolute atomic E-state index is 0.0823. The predicted molar refractivity (Wildman–Crippen MR) is 78.3 cm³/mol. The molecule has 2 heterocycles. The third-order valence-electron chi connectivity index (χ3n) is 3.72. The lowest BCUT2D eigenvalue weighted by atomic mass is 10.0. The topological polar surface area (TPSA) is 62.7 Å². The summed E-state index contributed by atoms with van der Waals surface area (Å²) in [4.78, 5) is 16.1. The highest BCUT2D eigenvalue weighted by Crippen LogP contribution is 2.45. The van der Waals surface area contributed by atoms with Crippen molar-refractivity contribution in [1.29, 1.82) is 0 Å². The van der Waals surface area contributed by atoms with Gasteiger partial charge in [0.1, 0.15) is 24.4 Å². The summed E-state index contributed by atoms with van der Waals surface area (Å²) in [5, 5.41) is 9.61. The van der Waals surface area contributed by atoms with Crippen LogP contribution in [0.2, 0.25) is 0 Å². The van der Waals surface area contributed by atoms with E-state index in [0.29, 0.717) is 4.90 Å². The van der Waals surface area contributed by atoms with Gasteiger partial charge in [-0.25, -0.2) is 13.2 Å². The Labute approximate surface area is 143 Å². The van der Waals surface area contributed by atoms with Crippen molar-refractivity contribution < 1.29 is 36.6 Å². The number of nitrogens with zero attached hydrogens (tertiary/aromatic N) is 2. The van der Waals surface area contributed by atoms with Gasteiger partial charge in [-0.05, 0) is 23.8 Å². The van der Waals surface area contributed by atoms with E-state index >= 15 is 0 Å². The first-order chi connectivity index (χ1) is 12.2. The number of fused-ring (bicyclic) bond motifs is 1. The van der Waals surface area contributed by atoms with Gasteiger partial charge in [0.25, 0.3) is 0 Å². The fraction of sp³-hybridized carbons (Fsp3) is 0.250. The number of pyridine rings is 1. The number of benzene rings is 1. The Morgan fingerprint density at radius 2 is 2.00 bits per heavy atom. The fourth-order valence-electron chi connectivity index (χ4n) is 2.59. The number of carbonyl (C=O) groups excluding carboxylic acids is 1. The number of rotatable bonds is 4. The van der Waals surface area contributed by atoms with Crippen molar-refractivity contribution in [2.24, 2.45) is 0 Å². The molecule has 0 spiro atoms. The van der Waals surface area contributed by atoms with Gasteiger partial charge in [-0.15, -0.1) is 0 Å². The molecule has 1 N–H and O–H groups in total. The molecule has 1 atom stereocenters. The maximum atomic E-state index is 14.0. The van der Waals surface area contributed by atoms with Crippen LogP contribution in [0, 0.1) is 11.6 Å². The number of hydrogen-bond donors (Lipinski definition) is 1. The Morgan fingerprint density at radius 3 is 2.65 bits per heavy atom. The summed E-state index contributed by atoms with van der Waals surface area (Å²) < 4.78 is 72.3. The average molecular weight is 374 g/mol. The zero-order valence-electron chi connectivity index (χ0n) is 12.9. The Kier molecular flexibility index (Phi) is 4.53. The minimum Gasteiger partial charge on any atom is -0.422 e. The molecular weight excluding hydrogens is 363 g/mol. The van der Waals surface area contributed by atoms with Gasteiger partial charge in [-0.3, -0.25) is 14.7 Å². The summed E-state index contributed by atoms with van der Waals surface area (Å²) in [6.45, 7) is -1.98. The number of aromatic nitrogens is 1. The van der Waals surface area contributed by atoms with Gasteiger partial charge < -0.3 is 9.84 Å². The molecule has 0 radical (unpaired) electrons. The Hall–Kier alpha value is -2.75. The lowest BCUT2D eigenvalue weighted by molar-refractivity contribution is -0.193. The van der Waals surface area contributed by atoms with Crippen LogP contribution in [0.25, 0.3) is 0 Å². The second-order valence-corrected chi connectivity index (χ2v) is 5.50. The monoisotopic (exact) mass is 374 g/mol. The molecule has 1 amide bonds. The van der Waals surface area contributed by atoms with E-state index in [1.165, 1.54) is 0 Å². The van der Waals surface area contributed by atoms with E-state index in [2.05, 4.69) is 9.72 Å². The van der Waals surface area contributed by atoms with Crippen LogP contribution in [0.1, 0.15) is 17.2 Å². The lowest BCUT2D eigenvalue weighted by Crippen LogP contribution is -2.50. The van der Waals surface area contributed by atoms with E-state index in [1.807, 2.05) is 0 Å². The molecule has 0 saturated carbocycles. The second kappa shape index (κ2) is 6.52. The van der Waals surface area contributed by atoms with Gasteiger partial charge in [0, 0.05) is 6.20 Å². The van der Waals surface area contributed by atoms with E-state index in [-0.39, 0.29) is 11.3 Å². The van der Waals surface area contributed by atoms with Crippen LogP contribution >= 0.6 is 0 Å². The number of anilines is 1. The molecule has 26 heavy (non-hydrogen) atoms. The van der Waals surface area contributed by atoms with Crippen LogP contribution in [0.5, 0.6) is 5.75 Å². The summed E-state index contributed by atoms with van der Waals surface area (Å²) in [5.74, 6) is -4.56. The summed E-state index contributed by atoms with van der Waals surface area (Å²) in [6.07, 6.45) is -4.40. The van der Waals surface area contributed by atoms with Crippen LogP contribution in [0.15, 0.2) is 30.6 Å². The maximum absolute atomic E-state index is 14.0. The molecule has 0 aliphatic carbocycles. The number of alkyl halides is 3. The molecule has 138 valence electrons. The van der Waals surface area contributed by atoms with Crippen molar-refractivity contribution in [2.45, 2.75) is 18.8 Å². The van der Waals surface area contributed by atoms with Gasteiger partial charge in [-0.1, -0.05) is 0 Å². The van der Waals surface area contributed by atoms with E-state index in [4.69, 9.17) is 0 Å². The summed E-state index contributed by atoms with van der Waals surface area (Å²) in [5.41, 5.74) is -1.06. The first-order valence-electron chi connectivity index (χ1n) is 7.29. The molecule has 1 aromatic heterocycles. The smallest absolute Gasteiger partial charge is 0.422 e. The van der Waals surface area contributed by atoms with Crippen molar-refractivity contribution in [3.05, 3.63) is 53.4 Å². The zero-order valence-corrected chi connectivity index (χ0v) is 12.9. The van der Waals surface area contributed by atoms with E-state index in [1.54, 1.807) is 0 Å². The zero-order chi connectivity index (χ0) is 19.1. The molecule has 0 unspecified atom stereocenters. The van der Waals surface area contributed by atoms with Crippen molar-refractivity contribution in [3.63, 3.8) is 0 Å². The molecule has 0 saturated heterocycles. The van der Waals surface area contributed by atoms with Crippen molar-refractivity contribution in [1.82, 2.24) is 4.98 Å². The van der Waals surface area contributed by atoms with Crippen LogP contribution in [-0.2, 0) is 11.3 Å². The summed E-state index contributed by atoms with van der Waals surface area (Å²) in [6, 6.07) is 2.73. The second-order valence-electron chi connectivity index (χ2n) is 5.50. The molecule has 1 aromatic carbocycles. The van der Waals surface area contributed by atoms with Crippen LogP contribution in [-0.4, -0.2) is 28.8 Å². The normalized spacial score (nSPS) is 16.8. The third-order valence-corrected chi connectivity index (χ3v) is 3.72. The highest BCUT2D eigenvalue weighted by molar-refractivity contribution is 6.01. The van der Waals surface area contributed by atoms with Gasteiger partial charge >= 0.3 is 12.0 Å². The summed E-state index contributed by atoms with van der Waals surface area (Å²) >= 11 is 0. The van der Waals surface area contributed by atoms with Crippen molar-refractivity contribution >= 4 is 11.6 Å². The van der Waals surface area contributed by atoms with Crippen LogP contribution in [0.4, 0.5) is 27.6 Å². The number of halogens is 5. The first-order valence-corrected chi connectivity index (χ1v) is 7.29. The third kappa shape index (κ3) is 3.07. The SMILES string of the molecule is O=C1N(Cc2cncc(F)c2)c2ccc(F)c([C@H](O)CF)c2OC1(F)F. The molecule has 1 aliphatic heterocycles. The molecule has 3 rings (SSSR count). The molecule has 0 fully saturated rings. The summed E-state index contributed by atoms with van der Waals surface area (Å²) in [7, 11) is 0. The minimum atomic E-state index is -4.38. The number of hydrogen-bond acceptors (Lipinski definition) is 4. The first kappa shape index (κ1) is 18.1.